The van der Waals surface area contributed by atoms with E-state index < -0.39 is 5.91 Å². The molecule has 3 aromatic carbocycles. The number of carbonyl (C=O) groups excluding carboxylic acids is 1. The second-order valence-electron chi connectivity index (χ2n) is 6.95. The van der Waals surface area contributed by atoms with E-state index in [-0.39, 0.29) is 16.6 Å². The molecule has 0 aliphatic carbocycles. The van der Waals surface area contributed by atoms with Crippen LogP contribution in [0.5, 0.6) is 11.5 Å². The topological polar surface area (TPSA) is 77.8 Å². The lowest BCUT2D eigenvalue weighted by Gasteiger charge is -2.13. The summed E-state index contributed by atoms with van der Waals surface area (Å²) in [5.41, 5.74) is 2.01. The second kappa shape index (κ2) is 8.36. The van der Waals surface area contributed by atoms with Crippen LogP contribution in [0, 0.1) is 6.92 Å². The van der Waals surface area contributed by atoms with Crippen molar-refractivity contribution in [1.82, 2.24) is 0 Å². The molecule has 0 radical (unpaired) electrons. The van der Waals surface area contributed by atoms with Crippen LogP contribution in [0.3, 0.4) is 0 Å². The van der Waals surface area contributed by atoms with E-state index in [4.69, 9.17) is 13.9 Å². The molecule has 0 spiro atoms. The zero-order valence-electron chi connectivity index (χ0n) is 17.4. The lowest BCUT2D eigenvalue weighted by molar-refractivity contribution is 0.102. The third-order valence-electron chi connectivity index (χ3n) is 5.08. The molecule has 1 aromatic heterocycles. The van der Waals surface area contributed by atoms with Crippen LogP contribution in [0.1, 0.15) is 15.9 Å². The normalized spacial score (nSPS) is 10.7. The third kappa shape index (κ3) is 3.75. The van der Waals surface area contributed by atoms with E-state index >= 15 is 0 Å². The number of hydrogen-bond donors (Lipinski definition) is 1. The molecule has 0 atom stereocenters. The molecule has 0 bridgehead atoms. The van der Waals surface area contributed by atoms with E-state index in [1.165, 1.54) is 7.11 Å². The smallest absolute Gasteiger partial charge is 0.259 e. The molecule has 1 N–H and O–H groups in total. The molecule has 0 aliphatic rings. The molecule has 4 rings (SSSR count). The molecule has 1 heterocycles. The van der Waals surface area contributed by atoms with Crippen LogP contribution in [0.25, 0.3) is 22.3 Å². The van der Waals surface area contributed by atoms with Crippen LogP contribution < -0.4 is 20.2 Å². The van der Waals surface area contributed by atoms with Crippen molar-refractivity contribution in [1.29, 1.82) is 0 Å². The van der Waals surface area contributed by atoms with Gasteiger partial charge in [0.05, 0.1) is 30.9 Å². The summed E-state index contributed by atoms with van der Waals surface area (Å²) in [5, 5.41) is 3.18. The maximum atomic E-state index is 13.2. The Labute approximate surface area is 179 Å². The minimum atomic E-state index is -0.428. The molecule has 1 amide bonds. The monoisotopic (exact) mass is 415 g/mol. The number of ether oxygens (including phenoxy) is 2. The molecule has 0 saturated carbocycles. The summed E-state index contributed by atoms with van der Waals surface area (Å²) >= 11 is 0. The summed E-state index contributed by atoms with van der Waals surface area (Å²) in [6.07, 6.45) is 0. The van der Waals surface area contributed by atoms with Crippen LogP contribution >= 0.6 is 0 Å². The number of methoxy groups -OCH3 is 2. The lowest BCUT2D eigenvalue weighted by Crippen LogP contribution is -2.15. The lowest BCUT2D eigenvalue weighted by atomic mass is 10.0. The van der Waals surface area contributed by atoms with Gasteiger partial charge in [-0.1, -0.05) is 36.4 Å². The highest BCUT2D eigenvalue weighted by atomic mass is 16.5. The van der Waals surface area contributed by atoms with E-state index in [0.717, 1.165) is 5.56 Å². The van der Waals surface area contributed by atoms with Gasteiger partial charge in [0.1, 0.15) is 17.3 Å². The van der Waals surface area contributed by atoms with Gasteiger partial charge in [-0.2, -0.15) is 0 Å². The van der Waals surface area contributed by atoms with Crippen molar-refractivity contribution in [3.63, 3.8) is 0 Å². The average molecular weight is 415 g/mol. The van der Waals surface area contributed by atoms with Gasteiger partial charge in [0.25, 0.3) is 5.91 Å². The molecule has 4 aromatic rings. The fraction of sp³-hybridized carbons (Fsp3) is 0.120. The Morgan fingerprint density at radius 2 is 1.71 bits per heavy atom. The minimum absolute atomic E-state index is 0.172. The summed E-state index contributed by atoms with van der Waals surface area (Å²) in [7, 11) is 3.06. The summed E-state index contributed by atoms with van der Waals surface area (Å²) in [4.78, 5) is 26.2. The highest BCUT2D eigenvalue weighted by Gasteiger charge is 2.19. The van der Waals surface area contributed by atoms with Gasteiger partial charge < -0.3 is 19.2 Å². The van der Waals surface area contributed by atoms with E-state index in [2.05, 4.69) is 5.32 Å². The zero-order valence-corrected chi connectivity index (χ0v) is 17.4. The third-order valence-corrected chi connectivity index (χ3v) is 5.08. The predicted molar refractivity (Wildman–Crippen MR) is 120 cm³/mol. The number of fused-ring (bicyclic) bond motifs is 1. The Balaban J connectivity index is 1.84. The van der Waals surface area contributed by atoms with Crippen molar-refractivity contribution in [2.24, 2.45) is 0 Å². The second-order valence-corrected chi connectivity index (χ2v) is 6.95. The molecule has 156 valence electrons. The van der Waals surface area contributed by atoms with E-state index in [9.17, 15) is 9.59 Å². The number of benzene rings is 3. The maximum Gasteiger partial charge on any atom is 0.259 e. The summed E-state index contributed by atoms with van der Waals surface area (Å²) in [6, 6.07) is 19.4. The average Bonchev–Trinajstić information content (AvgIpc) is 2.81. The van der Waals surface area contributed by atoms with Crippen LogP contribution in [0.4, 0.5) is 5.69 Å². The number of amides is 1. The molecule has 0 unspecified atom stereocenters. The highest BCUT2D eigenvalue weighted by molar-refractivity contribution is 6.12. The number of hydrogen-bond acceptors (Lipinski definition) is 5. The zero-order chi connectivity index (χ0) is 22.0. The van der Waals surface area contributed by atoms with Crippen LogP contribution in [-0.4, -0.2) is 20.1 Å². The van der Waals surface area contributed by atoms with Gasteiger partial charge in [-0.25, -0.2) is 0 Å². The summed E-state index contributed by atoms with van der Waals surface area (Å²) < 4.78 is 16.7. The van der Waals surface area contributed by atoms with Crippen LogP contribution in [-0.2, 0) is 0 Å². The first-order chi connectivity index (χ1) is 15.0. The van der Waals surface area contributed by atoms with Gasteiger partial charge in [0.2, 0.25) is 0 Å². The molecule has 0 saturated heterocycles. The van der Waals surface area contributed by atoms with Crippen molar-refractivity contribution >= 4 is 22.6 Å². The van der Waals surface area contributed by atoms with Gasteiger partial charge in [-0.3, -0.25) is 9.59 Å². The number of rotatable bonds is 5. The standard InChI is InChI=1S/C25H21NO5/c1-15-22(27)18-10-7-11-19(24(18)31-23(15)16-8-5-4-6-9-16)25(28)26-20-14-17(29-2)12-13-21(20)30-3/h4-14H,1-3H3,(H,26,28). The van der Waals surface area contributed by atoms with Gasteiger partial charge in [0.15, 0.2) is 11.0 Å². The first-order valence-corrected chi connectivity index (χ1v) is 9.68. The Bertz CT molecular complexity index is 1330. The maximum absolute atomic E-state index is 13.2. The molecule has 6 nitrogen and oxygen atoms in total. The molecule has 31 heavy (non-hydrogen) atoms. The molecular weight excluding hydrogens is 394 g/mol. The van der Waals surface area contributed by atoms with Gasteiger partial charge in [0, 0.05) is 17.2 Å². The molecular formula is C25H21NO5. The Morgan fingerprint density at radius 3 is 2.42 bits per heavy atom. The van der Waals surface area contributed by atoms with Crippen molar-refractivity contribution in [2.75, 3.05) is 19.5 Å². The van der Waals surface area contributed by atoms with E-state index in [0.29, 0.717) is 33.9 Å². The van der Waals surface area contributed by atoms with E-state index in [1.54, 1.807) is 50.4 Å². The SMILES string of the molecule is COc1ccc(OC)c(NC(=O)c2cccc3c(=O)c(C)c(-c4ccccc4)oc23)c1. The quantitative estimate of drug-likeness (QED) is 0.494. The molecule has 0 aliphatic heterocycles. The van der Waals surface area contributed by atoms with Gasteiger partial charge in [-0.15, -0.1) is 0 Å². The van der Waals surface area contributed by atoms with Crippen molar-refractivity contribution < 1.29 is 18.7 Å². The first-order valence-electron chi connectivity index (χ1n) is 9.68. The Kier molecular flexibility index (Phi) is 5.45. The summed E-state index contributed by atoms with van der Waals surface area (Å²) in [6.45, 7) is 1.72. The Hall–Kier alpha value is -4.06. The highest BCUT2D eigenvalue weighted by Crippen LogP contribution is 2.31. The van der Waals surface area contributed by atoms with Crippen molar-refractivity contribution in [3.8, 4) is 22.8 Å². The fourth-order valence-corrected chi connectivity index (χ4v) is 3.45. The van der Waals surface area contributed by atoms with Crippen LogP contribution in [0.15, 0.2) is 75.9 Å². The van der Waals surface area contributed by atoms with Gasteiger partial charge >= 0.3 is 0 Å². The van der Waals surface area contributed by atoms with Crippen molar-refractivity contribution in [2.45, 2.75) is 6.92 Å². The fourth-order valence-electron chi connectivity index (χ4n) is 3.45. The van der Waals surface area contributed by atoms with E-state index in [1.807, 2.05) is 30.3 Å². The number of anilines is 1. The first kappa shape index (κ1) is 20.2. The number of para-hydroxylation sites is 1. The molecule has 6 heteroatoms. The minimum Gasteiger partial charge on any atom is -0.497 e. The summed E-state index contributed by atoms with van der Waals surface area (Å²) in [5.74, 6) is 1.07. The number of nitrogens with one attached hydrogen (secondary N) is 1. The number of carbonyl (C=O) groups is 1. The Morgan fingerprint density at radius 1 is 0.935 bits per heavy atom. The largest absolute Gasteiger partial charge is 0.497 e. The molecule has 0 fully saturated rings. The van der Waals surface area contributed by atoms with Gasteiger partial charge in [-0.05, 0) is 31.2 Å². The predicted octanol–water partition coefficient (Wildman–Crippen LogP) is 5.04. The van der Waals surface area contributed by atoms with Crippen molar-refractivity contribution in [3.05, 3.63) is 88.1 Å². The van der Waals surface area contributed by atoms with Crippen LogP contribution in [0.2, 0.25) is 0 Å².